The molecular formula is C3H7N9O. The van der Waals surface area contributed by atoms with E-state index in [1.54, 1.807) is 0 Å². The summed E-state index contributed by atoms with van der Waals surface area (Å²) >= 11 is 0. The van der Waals surface area contributed by atoms with Crippen LogP contribution in [0.2, 0.25) is 0 Å². The first-order valence-corrected chi connectivity index (χ1v) is 2.90. The molecule has 0 fully saturated rings. The minimum atomic E-state index is -0.658. The van der Waals surface area contributed by atoms with Gasteiger partial charge in [-0.1, -0.05) is 0 Å². The summed E-state index contributed by atoms with van der Waals surface area (Å²) in [4.78, 5) is 0. The lowest BCUT2D eigenvalue weighted by atomic mass is 10.6. The topological polar surface area (TPSA) is 171 Å². The SMILES string of the molecule is Nn1c([O-])nnc1-c1nn[nH]n1.[NH4+]. The van der Waals surface area contributed by atoms with Gasteiger partial charge in [0.1, 0.15) is 6.01 Å². The number of hydrogen-bond acceptors (Lipinski definition) is 7. The van der Waals surface area contributed by atoms with Gasteiger partial charge in [0.25, 0.3) is 0 Å². The molecule has 13 heavy (non-hydrogen) atoms. The molecule has 0 aliphatic rings. The highest BCUT2D eigenvalue weighted by molar-refractivity contribution is 5.41. The smallest absolute Gasteiger partial charge is 0.243 e. The number of nitrogens with one attached hydrogen (secondary N) is 1. The van der Waals surface area contributed by atoms with Crippen molar-refractivity contribution < 1.29 is 5.11 Å². The van der Waals surface area contributed by atoms with E-state index < -0.39 is 6.01 Å². The Kier molecular flexibility index (Phi) is 2.06. The summed E-state index contributed by atoms with van der Waals surface area (Å²) in [5.41, 5.74) is 0. The van der Waals surface area contributed by atoms with Crippen LogP contribution in [0.1, 0.15) is 0 Å². The maximum atomic E-state index is 10.7. The van der Waals surface area contributed by atoms with Gasteiger partial charge in [-0.2, -0.15) is 5.21 Å². The maximum absolute atomic E-state index is 10.7. The van der Waals surface area contributed by atoms with Crippen LogP contribution in [0.4, 0.5) is 0 Å². The fourth-order valence-electron chi connectivity index (χ4n) is 0.686. The van der Waals surface area contributed by atoms with Crippen LogP contribution in [0.3, 0.4) is 0 Å². The van der Waals surface area contributed by atoms with Crippen molar-refractivity contribution >= 4 is 0 Å². The lowest BCUT2D eigenvalue weighted by molar-refractivity contribution is -0.284. The van der Waals surface area contributed by atoms with Gasteiger partial charge < -0.3 is 17.1 Å². The molecule has 70 valence electrons. The highest BCUT2D eigenvalue weighted by atomic mass is 16.3. The monoisotopic (exact) mass is 185 g/mol. The van der Waals surface area contributed by atoms with Gasteiger partial charge in [-0.3, -0.25) is 0 Å². The molecule has 2 aromatic rings. The van der Waals surface area contributed by atoms with Crippen molar-refractivity contribution in [1.29, 1.82) is 0 Å². The number of nitrogens with two attached hydrogens (primary N) is 1. The van der Waals surface area contributed by atoms with Crippen LogP contribution in [0, 0.1) is 0 Å². The lowest BCUT2D eigenvalue weighted by Gasteiger charge is -2.01. The van der Waals surface area contributed by atoms with Crippen molar-refractivity contribution in [1.82, 2.24) is 41.6 Å². The molecule has 0 saturated heterocycles. The molecule has 0 aliphatic heterocycles. The van der Waals surface area contributed by atoms with E-state index in [9.17, 15) is 5.11 Å². The van der Waals surface area contributed by atoms with E-state index in [-0.39, 0.29) is 17.8 Å². The average Bonchev–Trinajstić information content (AvgIpc) is 2.64. The van der Waals surface area contributed by atoms with Gasteiger partial charge in [-0.15, -0.1) is 20.4 Å². The molecule has 0 aromatic carbocycles. The summed E-state index contributed by atoms with van der Waals surface area (Å²) < 4.78 is 0.741. The van der Waals surface area contributed by atoms with Crippen molar-refractivity contribution in [2.45, 2.75) is 0 Å². The van der Waals surface area contributed by atoms with Gasteiger partial charge in [0, 0.05) is 0 Å². The van der Waals surface area contributed by atoms with E-state index in [0.29, 0.717) is 0 Å². The predicted octanol–water partition coefficient (Wildman–Crippen LogP) is -2.38. The van der Waals surface area contributed by atoms with Gasteiger partial charge in [-0.05, 0) is 5.21 Å². The van der Waals surface area contributed by atoms with Gasteiger partial charge in [-0.25, -0.2) is 4.68 Å². The second-order valence-corrected chi connectivity index (χ2v) is 1.91. The van der Waals surface area contributed by atoms with Crippen molar-refractivity contribution in [3.8, 4) is 17.7 Å². The first-order chi connectivity index (χ1) is 5.79. The second-order valence-electron chi connectivity index (χ2n) is 1.91. The van der Waals surface area contributed by atoms with E-state index in [0.717, 1.165) is 4.68 Å². The Hall–Kier alpha value is -2.23. The fraction of sp³-hybridized carbons (Fsp3) is 0. The summed E-state index contributed by atoms with van der Waals surface area (Å²) in [6.07, 6.45) is 0. The third-order valence-electron chi connectivity index (χ3n) is 1.21. The van der Waals surface area contributed by atoms with Crippen LogP contribution < -0.4 is 17.1 Å². The standard InChI is InChI=1S/C3H4N8O.H3N/c4-11-2(7-8-3(11)12)1-5-9-10-6-1;/h4H2,(H,8,12)(H,5,6,9,10);1H3. The van der Waals surface area contributed by atoms with Gasteiger partial charge in [0.15, 0.2) is 0 Å². The number of aromatic amines is 1. The van der Waals surface area contributed by atoms with E-state index >= 15 is 0 Å². The molecule has 0 aliphatic carbocycles. The Morgan fingerprint density at radius 2 is 2.08 bits per heavy atom. The van der Waals surface area contributed by atoms with E-state index in [1.807, 2.05) is 0 Å². The first kappa shape index (κ1) is 8.86. The number of nitrogens with zero attached hydrogens (tertiary/aromatic N) is 6. The maximum Gasteiger partial charge on any atom is 0.243 e. The minimum absolute atomic E-state index is 0. The normalized spacial score (nSPS) is 9.54. The Bertz CT molecular complexity index is 375. The summed E-state index contributed by atoms with van der Waals surface area (Å²) in [7, 11) is 0. The minimum Gasteiger partial charge on any atom is -0.843 e. The van der Waals surface area contributed by atoms with Crippen molar-refractivity contribution in [2.75, 3.05) is 5.84 Å². The number of hydrogen-bond donors (Lipinski definition) is 3. The Labute approximate surface area is 71.3 Å². The van der Waals surface area contributed by atoms with Gasteiger partial charge >= 0.3 is 0 Å². The molecular weight excluding hydrogens is 178 g/mol. The zero-order valence-electron chi connectivity index (χ0n) is 6.67. The van der Waals surface area contributed by atoms with Crippen LogP contribution in [-0.2, 0) is 0 Å². The molecule has 0 unspecified atom stereocenters. The Morgan fingerprint density at radius 3 is 2.54 bits per heavy atom. The van der Waals surface area contributed by atoms with Crippen molar-refractivity contribution in [3.63, 3.8) is 0 Å². The molecule has 0 spiro atoms. The zero-order chi connectivity index (χ0) is 8.55. The fourth-order valence-corrected chi connectivity index (χ4v) is 0.686. The van der Waals surface area contributed by atoms with Crippen molar-refractivity contribution in [2.24, 2.45) is 0 Å². The van der Waals surface area contributed by atoms with E-state index in [4.69, 9.17) is 5.84 Å². The van der Waals surface area contributed by atoms with Crippen LogP contribution in [0.25, 0.3) is 11.6 Å². The quantitative estimate of drug-likeness (QED) is 0.416. The van der Waals surface area contributed by atoms with Crippen LogP contribution in [-0.4, -0.2) is 35.5 Å². The second kappa shape index (κ2) is 3.02. The highest BCUT2D eigenvalue weighted by Gasteiger charge is 2.10. The average molecular weight is 185 g/mol. The van der Waals surface area contributed by atoms with Crippen molar-refractivity contribution in [3.05, 3.63) is 0 Å². The van der Waals surface area contributed by atoms with Crippen LogP contribution in [0.5, 0.6) is 6.01 Å². The third-order valence-corrected chi connectivity index (χ3v) is 1.21. The number of nitrogen functional groups attached to an aromatic ring is 1. The number of quaternary nitrogens is 1. The number of tetrazole rings is 1. The lowest BCUT2D eigenvalue weighted by Crippen LogP contribution is -2.14. The molecule has 10 heteroatoms. The number of H-pyrrole nitrogens is 1. The Morgan fingerprint density at radius 1 is 1.31 bits per heavy atom. The molecule has 2 heterocycles. The van der Waals surface area contributed by atoms with E-state index in [2.05, 4.69) is 30.8 Å². The highest BCUT2D eigenvalue weighted by Crippen LogP contribution is 2.09. The Balaban J connectivity index is 0.000000845. The van der Waals surface area contributed by atoms with Gasteiger partial charge in [0.2, 0.25) is 11.6 Å². The van der Waals surface area contributed by atoms with Crippen LogP contribution in [0.15, 0.2) is 0 Å². The zero-order valence-corrected chi connectivity index (χ0v) is 6.67. The largest absolute Gasteiger partial charge is 0.843 e. The molecule has 0 bridgehead atoms. The molecule has 10 nitrogen and oxygen atoms in total. The molecule has 7 N–H and O–H groups in total. The third kappa shape index (κ3) is 1.24. The summed E-state index contributed by atoms with van der Waals surface area (Å²) in [6.45, 7) is 0. The molecule has 2 aromatic heterocycles. The predicted molar refractivity (Wildman–Crippen MR) is 38.8 cm³/mol. The summed E-state index contributed by atoms with van der Waals surface area (Å²) in [6, 6.07) is -0.658. The molecule has 2 rings (SSSR count). The molecule has 0 radical (unpaired) electrons. The molecule has 0 amide bonds. The molecule has 0 saturated carbocycles. The summed E-state index contributed by atoms with van der Waals surface area (Å²) in [5.74, 6) is 5.46. The first-order valence-electron chi connectivity index (χ1n) is 2.90. The number of aromatic nitrogens is 7. The van der Waals surface area contributed by atoms with Gasteiger partial charge in [0.05, 0.1) is 0 Å². The van der Waals surface area contributed by atoms with Crippen LogP contribution >= 0.6 is 0 Å². The molecule has 0 atom stereocenters. The number of rotatable bonds is 1. The van der Waals surface area contributed by atoms with E-state index in [1.165, 1.54) is 0 Å². The summed E-state index contributed by atoms with van der Waals surface area (Å²) in [5, 5.41) is 30.0.